The van der Waals surface area contributed by atoms with Gasteiger partial charge in [0.15, 0.2) is 0 Å². The molecule has 4 atom stereocenters. The highest BCUT2D eigenvalue weighted by atomic mass is 14.2. The van der Waals surface area contributed by atoms with E-state index in [0.29, 0.717) is 23.7 Å². The number of hydrogen-bond donors (Lipinski definition) is 0. The second-order valence-electron chi connectivity index (χ2n) is 8.97. The van der Waals surface area contributed by atoms with E-state index < -0.39 is 0 Å². The van der Waals surface area contributed by atoms with Crippen LogP contribution in [0, 0.1) is 0 Å². The molecule has 2 unspecified atom stereocenters. The first-order chi connectivity index (χ1) is 14.6. The van der Waals surface area contributed by atoms with Crippen LogP contribution in [0.4, 0.5) is 0 Å². The van der Waals surface area contributed by atoms with Gasteiger partial charge in [-0.15, -0.1) is 0 Å². The van der Waals surface area contributed by atoms with Gasteiger partial charge in [-0.2, -0.15) is 0 Å². The van der Waals surface area contributed by atoms with Gasteiger partial charge in [0.25, 0.3) is 0 Å². The fourth-order valence-electron chi connectivity index (χ4n) is 4.81. The molecule has 3 rings (SSSR count). The lowest BCUT2D eigenvalue weighted by Crippen LogP contribution is -2.06. The fourth-order valence-corrected chi connectivity index (χ4v) is 4.81. The Hall–Kier alpha value is -2.34. The highest BCUT2D eigenvalue weighted by Gasteiger charge is 2.17. The molecule has 0 radical (unpaired) electrons. The summed E-state index contributed by atoms with van der Waals surface area (Å²) in [5.41, 5.74) is 5.89. The molecule has 0 spiro atoms. The first-order valence-corrected chi connectivity index (χ1v) is 11.8. The van der Waals surface area contributed by atoms with Crippen LogP contribution in [0.25, 0.3) is 0 Å². The van der Waals surface area contributed by atoms with Gasteiger partial charge in [0.05, 0.1) is 0 Å². The van der Waals surface area contributed by atoms with E-state index in [4.69, 9.17) is 0 Å². The molecule has 0 aromatic heterocycles. The van der Waals surface area contributed by atoms with Crippen molar-refractivity contribution in [2.75, 3.05) is 0 Å². The quantitative estimate of drug-likeness (QED) is 0.319. The molecule has 3 aromatic rings. The summed E-state index contributed by atoms with van der Waals surface area (Å²) >= 11 is 0. The minimum absolute atomic E-state index is 0.576. The molecular formula is C30H38. The first kappa shape index (κ1) is 22.3. The second kappa shape index (κ2) is 11.2. The van der Waals surface area contributed by atoms with Gasteiger partial charge in [0.2, 0.25) is 0 Å². The smallest absolute Gasteiger partial charge is 0.0159 e. The van der Waals surface area contributed by atoms with E-state index in [-0.39, 0.29) is 0 Å². The third kappa shape index (κ3) is 5.85. The lowest BCUT2D eigenvalue weighted by molar-refractivity contribution is 0.539. The van der Waals surface area contributed by atoms with Crippen molar-refractivity contribution in [1.82, 2.24) is 0 Å². The molecule has 3 aromatic carbocycles. The molecule has 0 heteroatoms. The summed E-state index contributed by atoms with van der Waals surface area (Å²) in [7, 11) is 0. The van der Waals surface area contributed by atoms with Gasteiger partial charge >= 0.3 is 0 Å². The van der Waals surface area contributed by atoms with Crippen LogP contribution < -0.4 is 0 Å². The van der Waals surface area contributed by atoms with Crippen LogP contribution in [0.1, 0.15) is 99.3 Å². The number of hydrogen-bond acceptors (Lipinski definition) is 0. The van der Waals surface area contributed by atoms with Crippen LogP contribution in [0.5, 0.6) is 0 Å². The Bertz CT molecular complexity index is 848. The van der Waals surface area contributed by atoms with Gasteiger partial charge in [0.1, 0.15) is 0 Å². The van der Waals surface area contributed by atoms with Crippen LogP contribution in [0.2, 0.25) is 0 Å². The summed E-state index contributed by atoms with van der Waals surface area (Å²) in [5.74, 6) is 2.42. The Morgan fingerprint density at radius 3 is 1.23 bits per heavy atom. The maximum absolute atomic E-state index is 2.39. The molecule has 30 heavy (non-hydrogen) atoms. The zero-order chi connectivity index (χ0) is 21.3. The fraction of sp³-hybridized carbons (Fsp3) is 0.400. The van der Waals surface area contributed by atoms with Crippen molar-refractivity contribution in [3.63, 3.8) is 0 Å². The standard InChI is InChI=1S/C30H38/c1-5-25(29-15-11-8-12-16-29)22-24(4)28-17-19-30(20-18-28)26(6-2)21-23(3)27-13-9-7-10-14-27/h7-20,23-26H,5-6,21-22H2,1-4H3/t23-,24+,25?,26?/m1/s1. The zero-order valence-electron chi connectivity index (χ0n) is 19.2. The van der Waals surface area contributed by atoms with Gasteiger partial charge in [-0.1, -0.05) is 113 Å². The lowest BCUT2D eigenvalue weighted by atomic mass is 9.82. The minimum atomic E-state index is 0.576. The molecule has 0 saturated carbocycles. The van der Waals surface area contributed by atoms with E-state index >= 15 is 0 Å². The van der Waals surface area contributed by atoms with E-state index in [1.54, 1.807) is 0 Å². The Kier molecular flexibility index (Phi) is 8.31. The van der Waals surface area contributed by atoms with Crippen LogP contribution in [-0.2, 0) is 0 Å². The van der Waals surface area contributed by atoms with Crippen molar-refractivity contribution >= 4 is 0 Å². The molecular weight excluding hydrogens is 360 g/mol. The zero-order valence-corrected chi connectivity index (χ0v) is 19.2. The van der Waals surface area contributed by atoms with E-state index in [2.05, 4.69) is 113 Å². The lowest BCUT2D eigenvalue weighted by Gasteiger charge is -2.23. The highest BCUT2D eigenvalue weighted by molar-refractivity contribution is 5.29. The Labute approximate surface area is 184 Å². The highest BCUT2D eigenvalue weighted by Crippen LogP contribution is 2.35. The topological polar surface area (TPSA) is 0 Å². The summed E-state index contributed by atoms with van der Waals surface area (Å²) in [6, 6.07) is 31.5. The Morgan fingerprint density at radius 2 is 0.800 bits per heavy atom. The van der Waals surface area contributed by atoms with Gasteiger partial charge in [0, 0.05) is 0 Å². The molecule has 0 aliphatic carbocycles. The van der Waals surface area contributed by atoms with E-state index in [9.17, 15) is 0 Å². The average molecular weight is 399 g/mol. The van der Waals surface area contributed by atoms with Crippen LogP contribution in [-0.4, -0.2) is 0 Å². The maximum atomic E-state index is 2.39. The molecule has 0 nitrogen and oxygen atoms in total. The average Bonchev–Trinajstić information content (AvgIpc) is 2.82. The van der Waals surface area contributed by atoms with Crippen molar-refractivity contribution in [2.24, 2.45) is 0 Å². The third-order valence-electron chi connectivity index (χ3n) is 6.88. The minimum Gasteiger partial charge on any atom is -0.0648 e. The van der Waals surface area contributed by atoms with Gasteiger partial charge in [-0.3, -0.25) is 0 Å². The predicted octanol–water partition coefficient (Wildman–Crippen LogP) is 9.06. The van der Waals surface area contributed by atoms with E-state index in [1.165, 1.54) is 47.9 Å². The molecule has 0 bridgehead atoms. The molecule has 0 saturated heterocycles. The predicted molar refractivity (Wildman–Crippen MR) is 131 cm³/mol. The number of benzene rings is 3. The van der Waals surface area contributed by atoms with E-state index in [0.717, 1.165) is 0 Å². The summed E-state index contributed by atoms with van der Waals surface area (Å²) in [5, 5.41) is 0. The maximum Gasteiger partial charge on any atom is -0.0159 e. The first-order valence-electron chi connectivity index (χ1n) is 11.8. The van der Waals surface area contributed by atoms with Gasteiger partial charge in [-0.05, 0) is 71.6 Å². The largest absolute Gasteiger partial charge is 0.0648 e. The van der Waals surface area contributed by atoms with Crippen molar-refractivity contribution in [1.29, 1.82) is 0 Å². The SMILES string of the molecule is CCC(C[C@@H](C)c1ccccc1)c1ccc([C@@H](C)CC(CC)c2ccccc2)cc1. The summed E-state index contributed by atoms with van der Waals surface area (Å²) in [4.78, 5) is 0. The normalized spacial score (nSPS) is 15.3. The van der Waals surface area contributed by atoms with Crippen LogP contribution >= 0.6 is 0 Å². The van der Waals surface area contributed by atoms with Crippen molar-refractivity contribution in [2.45, 2.75) is 77.0 Å². The molecule has 158 valence electrons. The Morgan fingerprint density at radius 1 is 0.467 bits per heavy atom. The third-order valence-corrected chi connectivity index (χ3v) is 6.88. The van der Waals surface area contributed by atoms with Crippen molar-refractivity contribution < 1.29 is 0 Å². The van der Waals surface area contributed by atoms with Crippen molar-refractivity contribution in [3.8, 4) is 0 Å². The van der Waals surface area contributed by atoms with Crippen LogP contribution in [0.3, 0.4) is 0 Å². The van der Waals surface area contributed by atoms with Crippen molar-refractivity contribution in [3.05, 3.63) is 107 Å². The van der Waals surface area contributed by atoms with Gasteiger partial charge in [-0.25, -0.2) is 0 Å². The molecule has 0 aliphatic rings. The molecule has 0 fully saturated rings. The second-order valence-corrected chi connectivity index (χ2v) is 8.97. The summed E-state index contributed by atoms with van der Waals surface area (Å²) in [6.45, 7) is 9.39. The summed E-state index contributed by atoms with van der Waals surface area (Å²) in [6.07, 6.45) is 4.81. The molecule has 0 N–H and O–H groups in total. The molecule has 0 aliphatic heterocycles. The van der Waals surface area contributed by atoms with E-state index in [1.807, 2.05) is 0 Å². The molecule has 0 heterocycles. The monoisotopic (exact) mass is 398 g/mol. The summed E-state index contributed by atoms with van der Waals surface area (Å²) < 4.78 is 0. The van der Waals surface area contributed by atoms with Crippen LogP contribution in [0.15, 0.2) is 84.9 Å². The Balaban J connectivity index is 1.65. The number of rotatable bonds is 10. The molecule has 0 amide bonds. The van der Waals surface area contributed by atoms with Gasteiger partial charge < -0.3 is 0 Å².